The summed E-state index contributed by atoms with van der Waals surface area (Å²) in [6.45, 7) is 1.40. The van der Waals surface area contributed by atoms with E-state index in [1.54, 1.807) is 12.1 Å². The standard InChI is InChI=1S/C9H10O3S/c1-7(10)8-4-3-5-9(6-8)13(2,11)12/h3-6H,1-2H3. The monoisotopic (exact) mass is 198 g/mol. The molecule has 4 heteroatoms. The Morgan fingerprint density at radius 1 is 1.31 bits per heavy atom. The Bertz CT molecular complexity index is 432. The van der Waals surface area contributed by atoms with Crippen LogP contribution in [-0.4, -0.2) is 20.5 Å². The van der Waals surface area contributed by atoms with Crippen molar-refractivity contribution in [3.05, 3.63) is 29.8 Å². The fourth-order valence-corrected chi connectivity index (χ4v) is 1.61. The molecule has 1 rings (SSSR count). The van der Waals surface area contributed by atoms with Crippen molar-refractivity contribution in [1.29, 1.82) is 0 Å². The molecule has 0 aliphatic heterocycles. The van der Waals surface area contributed by atoms with E-state index in [2.05, 4.69) is 0 Å². The molecule has 70 valence electrons. The van der Waals surface area contributed by atoms with Gasteiger partial charge in [-0.25, -0.2) is 8.42 Å². The first-order chi connectivity index (χ1) is 5.91. The first-order valence-electron chi connectivity index (χ1n) is 3.72. The van der Waals surface area contributed by atoms with Gasteiger partial charge in [-0.05, 0) is 19.1 Å². The van der Waals surface area contributed by atoms with Gasteiger partial charge in [-0.2, -0.15) is 0 Å². The molecule has 0 aromatic heterocycles. The van der Waals surface area contributed by atoms with Crippen molar-refractivity contribution >= 4 is 15.6 Å². The zero-order valence-electron chi connectivity index (χ0n) is 7.44. The third-order valence-electron chi connectivity index (χ3n) is 1.67. The van der Waals surface area contributed by atoms with Crippen molar-refractivity contribution < 1.29 is 13.2 Å². The highest BCUT2D eigenvalue weighted by atomic mass is 32.2. The lowest BCUT2D eigenvalue weighted by molar-refractivity contribution is 0.101. The molecular formula is C9H10O3S. The first-order valence-corrected chi connectivity index (χ1v) is 5.61. The summed E-state index contributed by atoms with van der Waals surface area (Å²) in [5.41, 5.74) is 0.419. The lowest BCUT2D eigenvalue weighted by atomic mass is 10.2. The quantitative estimate of drug-likeness (QED) is 0.673. The average Bonchev–Trinajstić information content (AvgIpc) is 2.03. The summed E-state index contributed by atoms with van der Waals surface area (Å²) < 4.78 is 22.2. The topological polar surface area (TPSA) is 51.2 Å². The first kappa shape index (κ1) is 9.92. The molecule has 0 aliphatic rings. The number of hydrogen-bond donors (Lipinski definition) is 0. The second-order valence-corrected chi connectivity index (χ2v) is 4.87. The summed E-state index contributed by atoms with van der Waals surface area (Å²) in [6.07, 6.45) is 1.12. The number of Topliss-reactive ketones (excluding diaryl/α,β-unsaturated/α-hetero) is 1. The number of sulfone groups is 1. The third kappa shape index (κ3) is 2.39. The Morgan fingerprint density at radius 3 is 2.38 bits per heavy atom. The van der Waals surface area contributed by atoms with Crippen LogP contribution in [0.4, 0.5) is 0 Å². The van der Waals surface area contributed by atoms with E-state index in [4.69, 9.17) is 0 Å². The van der Waals surface area contributed by atoms with Crippen LogP contribution in [0.3, 0.4) is 0 Å². The second kappa shape index (κ2) is 3.30. The zero-order chi connectivity index (χ0) is 10.1. The Labute approximate surface area is 77.3 Å². The van der Waals surface area contributed by atoms with E-state index < -0.39 is 9.84 Å². The zero-order valence-corrected chi connectivity index (χ0v) is 8.26. The minimum absolute atomic E-state index is 0.134. The SMILES string of the molecule is CC(=O)c1cccc(S(C)(=O)=O)c1. The van der Waals surface area contributed by atoms with Gasteiger partial charge in [0.2, 0.25) is 0 Å². The largest absolute Gasteiger partial charge is 0.295 e. The van der Waals surface area contributed by atoms with Gasteiger partial charge in [-0.3, -0.25) is 4.79 Å². The van der Waals surface area contributed by atoms with Crippen LogP contribution in [0.2, 0.25) is 0 Å². The van der Waals surface area contributed by atoms with Crippen molar-refractivity contribution in [2.75, 3.05) is 6.26 Å². The van der Waals surface area contributed by atoms with Crippen LogP contribution in [0, 0.1) is 0 Å². The van der Waals surface area contributed by atoms with Gasteiger partial charge >= 0.3 is 0 Å². The van der Waals surface area contributed by atoms with Gasteiger partial charge in [0.15, 0.2) is 15.6 Å². The molecule has 0 saturated heterocycles. The van der Waals surface area contributed by atoms with Gasteiger partial charge in [0.05, 0.1) is 4.90 Å². The summed E-state index contributed by atoms with van der Waals surface area (Å²) in [6, 6.07) is 6.02. The molecule has 0 aliphatic carbocycles. The van der Waals surface area contributed by atoms with Crippen LogP contribution in [0.15, 0.2) is 29.2 Å². The molecule has 0 N–H and O–H groups in total. The van der Waals surface area contributed by atoms with Gasteiger partial charge in [-0.15, -0.1) is 0 Å². The summed E-state index contributed by atoms with van der Waals surface area (Å²) >= 11 is 0. The van der Waals surface area contributed by atoms with Gasteiger partial charge in [0, 0.05) is 11.8 Å². The number of hydrogen-bond acceptors (Lipinski definition) is 3. The molecule has 0 heterocycles. The molecule has 0 amide bonds. The minimum atomic E-state index is -3.21. The van der Waals surface area contributed by atoms with E-state index in [1.807, 2.05) is 0 Å². The van der Waals surface area contributed by atoms with Crippen LogP contribution < -0.4 is 0 Å². The highest BCUT2D eigenvalue weighted by molar-refractivity contribution is 7.90. The van der Waals surface area contributed by atoms with Crippen molar-refractivity contribution in [2.24, 2.45) is 0 Å². The molecule has 0 spiro atoms. The number of ketones is 1. The van der Waals surface area contributed by atoms with E-state index in [1.165, 1.54) is 19.1 Å². The Balaban J connectivity index is 3.29. The maximum absolute atomic E-state index is 11.1. The molecule has 1 aromatic rings. The predicted octanol–water partition coefficient (Wildman–Crippen LogP) is 1.29. The molecular weight excluding hydrogens is 188 g/mol. The summed E-state index contributed by atoms with van der Waals surface area (Å²) in [7, 11) is -3.21. The number of carbonyl (C=O) groups is 1. The Hall–Kier alpha value is -1.16. The van der Waals surface area contributed by atoms with E-state index in [-0.39, 0.29) is 10.7 Å². The average molecular weight is 198 g/mol. The van der Waals surface area contributed by atoms with Crippen LogP contribution >= 0.6 is 0 Å². The maximum atomic E-state index is 11.1. The number of carbonyl (C=O) groups excluding carboxylic acids is 1. The summed E-state index contributed by atoms with van der Waals surface area (Å²) in [4.78, 5) is 11.1. The van der Waals surface area contributed by atoms with Crippen LogP contribution in [0.25, 0.3) is 0 Å². The minimum Gasteiger partial charge on any atom is -0.295 e. The fraction of sp³-hybridized carbons (Fsp3) is 0.222. The smallest absolute Gasteiger partial charge is 0.175 e. The lowest BCUT2D eigenvalue weighted by Gasteiger charge is -1.99. The second-order valence-electron chi connectivity index (χ2n) is 2.86. The molecule has 1 aromatic carbocycles. The van der Waals surface area contributed by atoms with Gasteiger partial charge in [0.25, 0.3) is 0 Å². The molecule has 0 radical (unpaired) electrons. The lowest BCUT2D eigenvalue weighted by Crippen LogP contribution is -1.99. The molecule has 0 unspecified atom stereocenters. The highest BCUT2D eigenvalue weighted by Gasteiger charge is 2.08. The predicted molar refractivity (Wildman–Crippen MR) is 49.6 cm³/mol. The Kier molecular flexibility index (Phi) is 2.52. The van der Waals surface area contributed by atoms with Crippen LogP contribution in [-0.2, 0) is 9.84 Å². The molecule has 0 bridgehead atoms. The van der Waals surface area contributed by atoms with E-state index >= 15 is 0 Å². The Morgan fingerprint density at radius 2 is 1.92 bits per heavy atom. The van der Waals surface area contributed by atoms with Gasteiger partial charge in [0.1, 0.15) is 0 Å². The number of rotatable bonds is 2. The third-order valence-corrected chi connectivity index (χ3v) is 2.78. The highest BCUT2D eigenvalue weighted by Crippen LogP contribution is 2.11. The molecule has 0 atom stereocenters. The van der Waals surface area contributed by atoms with E-state index in [0.717, 1.165) is 6.26 Å². The van der Waals surface area contributed by atoms with Crippen molar-refractivity contribution in [3.63, 3.8) is 0 Å². The van der Waals surface area contributed by atoms with E-state index in [0.29, 0.717) is 5.56 Å². The number of benzene rings is 1. The van der Waals surface area contributed by atoms with Crippen LogP contribution in [0.1, 0.15) is 17.3 Å². The molecule has 13 heavy (non-hydrogen) atoms. The normalized spacial score (nSPS) is 11.2. The summed E-state index contributed by atoms with van der Waals surface area (Å²) in [5, 5.41) is 0. The molecule has 0 saturated carbocycles. The van der Waals surface area contributed by atoms with Crippen molar-refractivity contribution in [3.8, 4) is 0 Å². The van der Waals surface area contributed by atoms with Crippen LogP contribution in [0.5, 0.6) is 0 Å². The molecule has 3 nitrogen and oxygen atoms in total. The summed E-state index contributed by atoms with van der Waals surface area (Å²) in [5.74, 6) is -0.134. The fourth-order valence-electron chi connectivity index (χ4n) is 0.946. The van der Waals surface area contributed by atoms with Gasteiger partial charge < -0.3 is 0 Å². The van der Waals surface area contributed by atoms with Crippen molar-refractivity contribution in [2.45, 2.75) is 11.8 Å². The maximum Gasteiger partial charge on any atom is 0.175 e. The van der Waals surface area contributed by atoms with Gasteiger partial charge in [-0.1, -0.05) is 12.1 Å². The van der Waals surface area contributed by atoms with E-state index in [9.17, 15) is 13.2 Å². The van der Waals surface area contributed by atoms with Crippen molar-refractivity contribution in [1.82, 2.24) is 0 Å². The molecule has 0 fully saturated rings.